The number of nitrogens with zero attached hydrogens (tertiary/aromatic N) is 2. The van der Waals surface area contributed by atoms with E-state index in [4.69, 9.17) is 0 Å². The number of hydrogen-bond acceptors (Lipinski definition) is 4. The first-order valence-corrected chi connectivity index (χ1v) is 10.6. The summed E-state index contributed by atoms with van der Waals surface area (Å²) in [6.07, 6.45) is 0. The molecule has 0 spiro atoms. The molecule has 4 rings (SSSR count). The number of carbonyl (C=O) groups excluding carboxylic acids is 2. The predicted molar refractivity (Wildman–Crippen MR) is 120 cm³/mol. The van der Waals surface area contributed by atoms with Gasteiger partial charge in [0, 0.05) is 54.0 Å². The van der Waals surface area contributed by atoms with Crippen molar-refractivity contribution in [3.05, 3.63) is 65.6 Å². The van der Waals surface area contributed by atoms with Crippen LogP contribution in [0.4, 0.5) is 10.1 Å². The Morgan fingerprint density at radius 2 is 1.74 bits per heavy atom. The Bertz CT molecular complexity index is 1080. The number of carbonyl (C=O) groups is 2. The van der Waals surface area contributed by atoms with Crippen molar-refractivity contribution < 1.29 is 14.0 Å². The molecule has 1 amide bonds. The van der Waals surface area contributed by atoms with Gasteiger partial charge in [0.1, 0.15) is 5.82 Å². The number of rotatable bonds is 6. The summed E-state index contributed by atoms with van der Waals surface area (Å²) in [5.74, 6) is -0.336. The van der Waals surface area contributed by atoms with Gasteiger partial charge < -0.3 is 10.3 Å². The second kappa shape index (κ2) is 8.99. The number of aryl methyl sites for hydroxylation is 1. The Labute approximate surface area is 181 Å². The highest BCUT2D eigenvalue weighted by molar-refractivity contribution is 6.11. The number of Topliss-reactive ketones (excluding diaryl/α,β-unsaturated/α-hetero) is 1. The van der Waals surface area contributed by atoms with Crippen molar-refractivity contribution >= 4 is 28.3 Å². The first-order valence-electron chi connectivity index (χ1n) is 10.6. The monoisotopic (exact) mass is 422 g/mol. The highest BCUT2D eigenvalue weighted by atomic mass is 19.1. The van der Waals surface area contributed by atoms with E-state index < -0.39 is 0 Å². The predicted octanol–water partition coefficient (Wildman–Crippen LogP) is 3.44. The molecule has 3 aromatic rings. The van der Waals surface area contributed by atoms with Gasteiger partial charge in [0.2, 0.25) is 5.91 Å². The molecule has 0 saturated carbocycles. The summed E-state index contributed by atoms with van der Waals surface area (Å²) in [6.45, 7) is 7.03. The Morgan fingerprint density at radius 1 is 1.06 bits per heavy atom. The number of para-hydroxylation sites is 1. The maximum absolute atomic E-state index is 13.3. The normalized spacial score (nSPS) is 16.4. The Morgan fingerprint density at radius 3 is 2.45 bits per heavy atom. The van der Waals surface area contributed by atoms with Gasteiger partial charge in [0.15, 0.2) is 5.78 Å². The molecular formula is C24H27FN4O2. The van der Waals surface area contributed by atoms with Crippen LogP contribution in [-0.2, 0) is 4.79 Å². The lowest BCUT2D eigenvalue weighted by molar-refractivity contribution is -0.117. The van der Waals surface area contributed by atoms with Crippen molar-refractivity contribution in [2.75, 3.05) is 38.0 Å². The van der Waals surface area contributed by atoms with Crippen LogP contribution in [0.25, 0.3) is 10.9 Å². The van der Waals surface area contributed by atoms with E-state index >= 15 is 0 Å². The minimum Gasteiger partial charge on any atom is -0.358 e. The summed E-state index contributed by atoms with van der Waals surface area (Å²) in [5, 5.41) is 3.76. The molecule has 2 N–H and O–H groups in total. The van der Waals surface area contributed by atoms with E-state index in [1.54, 1.807) is 12.1 Å². The second-order valence-electron chi connectivity index (χ2n) is 8.08. The van der Waals surface area contributed by atoms with Gasteiger partial charge in [-0.25, -0.2) is 4.39 Å². The molecule has 1 atom stereocenters. The topological polar surface area (TPSA) is 68.4 Å². The number of aromatic nitrogens is 1. The number of halogens is 1. The Kier molecular flexibility index (Phi) is 6.15. The smallest absolute Gasteiger partial charge is 0.238 e. The standard InChI is InChI=1S/C24H27FN4O2/c1-16-23(20-5-3-4-6-21(20)26-16)24(31)17(2)29-13-11-28(12-14-29)15-22(30)27-19-9-7-18(25)8-10-19/h3-10,17,26H,11-15H2,1-2H3,(H,27,30)/t17-/m0/s1. The zero-order valence-corrected chi connectivity index (χ0v) is 17.8. The van der Waals surface area contributed by atoms with Gasteiger partial charge in [-0.15, -0.1) is 0 Å². The molecule has 162 valence electrons. The minimum absolute atomic E-state index is 0.123. The number of anilines is 1. The van der Waals surface area contributed by atoms with Crippen LogP contribution >= 0.6 is 0 Å². The number of nitrogens with one attached hydrogen (secondary N) is 2. The number of fused-ring (bicyclic) bond motifs is 1. The van der Waals surface area contributed by atoms with Gasteiger partial charge in [-0.2, -0.15) is 0 Å². The number of H-pyrrole nitrogens is 1. The van der Waals surface area contributed by atoms with Crippen LogP contribution in [0.15, 0.2) is 48.5 Å². The molecule has 0 aliphatic carbocycles. The fourth-order valence-corrected chi connectivity index (χ4v) is 4.21. The van der Waals surface area contributed by atoms with Gasteiger partial charge in [-0.1, -0.05) is 18.2 Å². The first kappa shape index (κ1) is 21.2. The van der Waals surface area contributed by atoms with Crippen molar-refractivity contribution in [1.82, 2.24) is 14.8 Å². The van der Waals surface area contributed by atoms with Crippen LogP contribution in [0.3, 0.4) is 0 Å². The van der Waals surface area contributed by atoms with E-state index in [1.807, 2.05) is 38.1 Å². The van der Waals surface area contributed by atoms with Crippen LogP contribution in [0.2, 0.25) is 0 Å². The number of piperazine rings is 1. The number of ketones is 1. The van der Waals surface area contributed by atoms with Gasteiger partial charge >= 0.3 is 0 Å². The molecule has 0 unspecified atom stereocenters. The largest absolute Gasteiger partial charge is 0.358 e. The van der Waals surface area contributed by atoms with Gasteiger partial charge in [0.25, 0.3) is 0 Å². The first-order chi connectivity index (χ1) is 14.9. The van der Waals surface area contributed by atoms with E-state index in [2.05, 4.69) is 20.1 Å². The van der Waals surface area contributed by atoms with Crippen LogP contribution in [0.1, 0.15) is 23.0 Å². The fourth-order valence-electron chi connectivity index (χ4n) is 4.21. The van der Waals surface area contributed by atoms with E-state index in [9.17, 15) is 14.0 Å². The average Bonchev–Trinajstić information content (AvgIpc) is 3.10. The molecule has 31 heavy (non-hydrogen) atoms. The summed E-state index contributed by atoms with van der Waals surface area (Å²) >= 11 is 0. The molecule has 1 aliphatic heterocycles. The number of amides is 1. The molecule has 2 heterocycles. The minimum atomic E-state index is -0.333. The summed E-state index contributed by atoms with van der Waals surface area (Å²) in [4.78, 5) is 33.1. The second-order valence-corrected chi connectivity index (χ2v) is 8.08. The third-order valence-electron chi connectivity index (χ3n) is 5.97. The highest BCUT2D eigenvalue weighted by Gasteiger charge is 2.29. The van der Waals surface area contributed by atoms with E-state index in [0.29, 0.717) is 18.8 Å². The van der Waals surface area contributed by atoms with Gasteiger partial charge in [-0.3, -0.25) is 19.4 Å². The molecule has 0 bridgehead atoms. The number of aromatic amines is 1. The molecule has 1 aromatic heterocycles. The number of benzene rings is 2. The summed E-state index contributed by atoms with van der Waals surface area (Å²) in [5.41, 5.74) is 3.23. The van der Waals surface area contributed by atoms with Crippen LogP contribution < -0.4 is 5.32 Å². The summed E-state index contributed by atoms with van der Waals surface area (Å²) < 4.78 is 13.0. The summed E-state index contributed by atoms with van der Waals surface area (Å²) in [7, 11) is 0. The fraction of sp³-hybridized carbons (Fsp3) is 0.333. The molecule has 0 radical (unpaired) electrons. The molecule has 2 aromatic carbocycles. The van der Waals surface area contributed by atoms with Crippen molar-refractivity contribution in [2.45, 2.75) is 19.9 Å². The molecule has 1 aliphatic rings. The molecule has 6 nitrogen and oxygen atoms in total. The van der Waals surface area contributed by atoms with Gasteiger partial charge in [0.05, 0.1) is 12.6 Å². The lowest BCUT2D eigenvalue weighted by Crippen LogP contribution is -2.53. The van der Waals surface area contributed by atoms with Crippen molar-refractivity contribution in [2.24, 2.45) is 0 Å². The van der Waals surface area contributed by atoms with Gasteiger partial charge in [-0.05, 0) is 44.2 Å². The van der Waals surface area contributed by atoms with E-state index in [1.165, 1.54) is 12.1 Å². The maximum Gasteiger partial charge on any atom is 0.238 e. The Balaban J connectivity index is 1.32. The molecule has 7 heteroatoms. The lowest BCUT2D eigenvalue weighted by atomic mass is 10.0. The van der Waals surface area contributed by atoms with E-state index in [0.717, 1.165) is 35.2 Å². The van der Waals surface area contributed by atoms with Crippen molar-refractivity contribution in [1.29, 1.82) is 0 Å². The third-order valence-corrected chi connectivity index (χ3v) is 5.97. The highest BCUT2D eigenvalue weighted by Crippen LogP contribution is 2.24. The number of hydrogen-bond donors (Lipinski definition) is 2. The summed E-state index contributed by atoms with van der Waals surface area (Å²) in [6, 6.07) is 13.4. The van der Waals surface area contributed by atoms with E-state index in [-0.39, 0.29) is 30.1 Å². The van der Waals surface area contributed by atoms with Crippen LogP contribution in [-0.4, -0.2) is 65.2 Å². The lowest BCUT2D eigenvalue weighted by Gasteiger charge is -2.37. The zero-order valence-electron chi connectivity index (χ0n) is 17.8. The Hall–Kier alpha value is -3.03. The quantitative estimate of drug-likeness (QED) is 0.597. The SMILES string of the molecule is Cc1[nH]c2ccccc2c1C(=O)[C@H](C)N1CCN(CC(=O)Nc2ccc(F)cc2)CC1. The van der Waals surface area contributed by atoms with Crippen molar-refractivity contribution in [3.63, 3.8) is 0 Å². The van der Waals surface area contributed by atoms with Crippen LogP contribution in [0.5, 0.6) is 0 Å². The average molecular weight is 423 g/mol. The molecule has 1 fully saturated rings. The zero-order chi connectivity index (χ0) is 22.0. The van der Waals surface area contributed by atoms with Crippen LogP contribution in [0, 0.1) is 12.7 Å². The maximum atomic E-state index is 13.3. The van der Waals surface area contributed by atoms with Crippen molar-refractivity contribution in [3.8, 4) is 0 Å². The molecule has 1 saturated heterocycles. The molecular weight excluding hydrogens is 395 g/mol. The third kappa shape index (κ3) is 4.68.